The molecule has 0 radical (unpaired) electrons. The molecule has 2 atom stereocenters. The summed E-state index contributed by atoms with van der Waals surface area (Å²) in [4.78, 5) is 12.2. The number of amides is 1. The third-order valence-corrected chi connectivity index (χ3v) is 6.78. The van der Waals surface area contributed by atoms with Crippen molar-refractivity contribution in [2.75, 3.05) is 0 Å². The largest absolute Gasteiger partial charge is 0.352 e. The van der Waals surface area contributed by atoms with Gasteiger partial charge in [-0.15, -0.1) is 0 Å². The summed E-state index contributed by atoms with van der Waals surface area (Å²) in [7, 11) is -3.44. The second-order valence-corrected chi connectivity index (χ2v) is 9.40. The Hall–Kier alpha value is -1.88. The van der Waals surface area contributed by atoms with E-state index in [0.29, 0.717) is 6.42 Å². The standard InChI is InChI=1S/C19H25NO3S/c1-13(2)24(22,23)15(4)19(21)20-14(3)11-16-9-10-17-7-5-6-8-18(17)12-16/h5-10,12-15H,11H2,1-4H3,(H,20,21). The Bertz CT molecular complexity index is 827. The Morgan fingerprint density at radius 1 is 1.00 bits per heavy atom. The minimum Gasteiger partial charge on any atom is -0.352 e. The van der Waals surface area contributed by atoms with Crippen molar-refractivity contribution in [3.63, 3.8) is 0 Å². The summed E-state index contributed by atoms with van der Waals surface area (Å²) in [5.74, 6) is -0.433. The van der Waals surface area contributed by atoms with Crippen LogP contribution in [-0.4, -0.2) is 30.9 Å². The van der Waals surface area contributed by atoms with Gasteiger partial charge < -0.3 is 5.32 Å². The van der Waals surface area contributed by atoms with Crippen molar-refractivity contribution >= 4 is 26.5 Å². The number of fused-ring (bicyclic) bond motifs is 1. The highest BCUT2D eigenvalue weighted by Crippen LogP contribution is 2.17. The van der Waals surface area contributed by atoms with Gasteiger partial charge in [-0.25, -0.2) is 8.42 Å². The van der Waals surface area contributed by atoms with Crippen LogP contribution < -0.4 is 5.32 Å². The van der Waals surface area contributed by atoms with Crippen molar-refractivity contribution in [1.29, 1.82) is 0 Å². The van der Waals surface area contributed by atoms with Gasteiger partial charge in [0.05, 0.1) is 5.25 Å². The molecule has 0 spiro atoms. The van der Waals surface area contributed by atoms with Crippen LogP contribution in [0.5, 0.6) is 0 Å². The zero-order valence-corrected chi connectivity index (χ0v) is 15.4. The molecule has 2 aromatic rings. The van der Waals surface area contributed by atoms with Crippen LogP contribution in [0.2, 0.25) is 0 Å². The summed E-state index contributed by atoms with van der Waals surface area (Å²) in [6.07, 6.45) is 0.658. The average molecular weight is 347 g/mol. The van der Waals surface area contributed by atoms with Gasteiger partial charge in [0.1, 0.15) is 5.25 Å². The third-order valence-electron chi connectivity index (χ3n) is 4.26. The first kappa shape index (κ1) is 18.5. The number of nitrogens with one attached hydrogen (secondary N) is 1. The first-order chi connectivity index (χ1) is 11.2. The quantitative estimate of drug-likeness (QED) is 0.873. The van der Waals surface area contributed by atoms with Crippen molar-refractivity contribution in [3.05, 3.63) is 48.0 Å². The Kier molecular flexibility index (Phi) is 5.65. The van der Waals surface area contributed by atoms with Crippen LogP contribution in [0.1, 0.15) is 33.3 Å². The Labute approximate surface area is 144 Å². The van der Waals surface area contributed by atoms with Crippen molar-refractivity contribution in [1.82, 2.24) is 5.32 Å². The predicted octanol–water partition coefficient (Wildman–Crippen LogP) is 3.10. The molecule has 2 aromatic carbocycles. The third kappa shape index (κ3) is 4.15. The van der Waals surface area contributed by atoms with E-state index in [-0.39, 0.29) is 6.04 Å². The summed E-state index contributed by atoms with van der Waals surface area (Å²) in [6, 6.07) is 14.2. The summed E-state index contributed by atoms with van der Waals surface area (Å²) in [5, 5.41) is 3.56. The lowest BCUT2D eigenvalue weighted by Gasteiger charge is -2.19. The van der Waals surface area contributed by atoms with Gasteiger partial charge in [0, 0.05) is 6.04 Å². The van der Waals surface area contributed by atoms with Gasteiger partial charge in [-0.2, -0.15) is 0 Å². The van der Waals surface area contributed by atoms with Crippen LogP contribution in [0.3, 0.4) is 0 Å². The first-order valence-electron chi connectivity index (χ1n) is 8.22. The molecule has 2 rings (SSSR count). The minimum atomic E-state index is -3.44. The fourth-order valence-electron chi connectivity index (χ4n) is 2.69. The zero-order valence-electron chi connectivity index (χ0n) is 14.6. The molecule has 24 heavy (non-hydrogen) atoms. The summed E-state index contributed by atoms with van der Waals surface area (Å²) < 4.78 is 24.2. The number of carbonyl (C=O) groups is 1. The SMILES string of the molecule is CC(Cc1ccc2ccccc2c1)NC(=O)C(C)S(=O)(=O)C(C)C. The van der Waals surface area contributed by atoms with Gasteiger partial charge in [0.2, 0.25) is 5.91 Å². The maximum absolute atomic E-state index is 12.2. The van der Waals surface area contributed by atoms with Crippen LogP contribution in [0.4, 0.5) is 0 Å². The highest BCUT2D eigenvalue weighted by Gasteiger charge is 2.31. The van der Waals surface area contributed by atoms with Gasteiger partial charge >= 0.3 is 0 Å². The van der Waals surface area contributed by atoms with Gasteiger partial charge in [-0.3, -0.25) is 4.79 Å². The number of sulfone groups is 1. The average Bonchev–Trinajstić information content (AvgIpc) is 2.53. The molecule has 1 N–H and O–H groups in total. The summed E-state index contributed by atoms with van der Waals surface area (Å²) in [6.45, 7) is 6.53. The molecule has 4 nitrogen and oxygen atoms in total. The van der Waals surface area contributed by atoms with Crippen molar-refractivity contribution in [2.24, 2.45) is 0 Å². The molecule has 0 aliphatic heterocycles. The molecule has 0 aromatic heterocycles. The van der Waals surface area contributed by atoms with Gasteiger partial charge in [0.25, 0.3) is 0 Å². The molecule has 0 saturated heterocycles. The van der Waals surface area contributed by atoms with Crippen LogP contribution in [0.25, 0.3) is 10.8 Å². The molecule has 0 fully saturated rings. The van der Waals surface area contributed by atoms with Gasteiger partial charge in [0.15, 0.2) is 9.84 Å². The van der Waals surface area contributed by atoms with E-state index in [1.807, 2.05) is 25.1 Å². The molecule has 0 saturated carbocycles. The highest BCUT2D eigenvalue weighted by molar-refractivity contribution is 7.93. The molecule has 0 aliphatic carbocycles. The van der Waals surface area contributed by atoms with Crippen LogP contribution in [0.15, 0.2) is 42.5 Å². The molecule has 0 heterocycles. The molecule has 0 aliphatic rings. The van der Waals surface area contributed by atoms with E-state index in [1.54, 1.807) is 13.8 Å². The van der Waals surface area contributed by atoms with Crippen LogP contribution in [-0.2, 0) is 21.1 Å². The van der Waals surface area contributed by atoms with E-state index in [1.165, 1.54) is 12.3 Å². The molecular formula is C19H25NO3S. The van der Waals surface area contributed by atoms with E-state index in [0.717, 1.165) is 10.9 Å². The van der Waals surface area contributed by atoms with E-state index in [9.17, 15) is 13.2 Å². The maximum Gasteiger partial charge on any atom is 0.238 e. The molecule has 130 valence electrons. The van der Waals surface area contributed by atoms with Crippen molar-refractivity contribution in [3.8, 4) is 0 Å². The number of carbonyl (C=O) groups excluding carboxylic acids is 1. The Morgan fingerprint density at radius 3 is 2.25 bits per heavy atom. The maximum atomic E-state index is 12.2. The molecule has 5 heteroatoms. The Morgan fingerprint density at radius 2 is 1.62 bits per heavy atom. The lowest BCUT2D eigenvalue weighted by Crippen LogP contribution is -2.44. The van der Waals surface area contributed by atoms with E-state index < -0.39 is 26.2 Å². The number of benzene rings is 2. The molecule has 0 bridgehead atoms. The Balaban J connectivity index is 2.04. The van der Waals surface area contributed by atoms with E-state index >= 15 is 0 Å². The first-order valence-corrected chi connectivity index (χ1v) is 9.83. The second-order valence-electron chi connectivity index (χ2n) is 6.58. The fourth-order valence-corrected chi connectivity index (χ4v) is 3.87. The molecule has 2 unspecified atom stereocenters. The fraction of sp³-hybridized carbons (Fsp3) is 0.421. The predicted molar refractivity (Wildman–Crippen MR) is 98.8 cm³/mol. The van der Waals surface area contributed by atoms with Crippen molar-refractivity contribution < 1.29 is 13.2 Å². The number of hydrogen-bond donors (Lipinski definition) is 1. The highest BCUT2D eigenvalue weighted by atomic mass is 32.2. The minimum absolute atomic E-state index is 0.136. The van der Waals surface area contributed by atoms with Crippen LogP contribution >= 0.6 is 0 Å². The van der Waals surface area contributed by atoms with E-state index in [2.05, 4.69) is 29.6 Å². The smallest absolute Gasteiger partial charge is 0.238 e. The zero-order chi connectivity index (χ0) is 17.9. The van der Waals surface area contributed by atoms with Crippen LogP contribution in [0, 0.1) is 0 Å². The summed E-state index contributed by atoms with van der Waals surface area (Å²) >= 11 is 0. The van der Waals surface area contributed by atoms with Crippen molar-refractivity contribution in [2.45, 2.75) is 50.7 Å². The van der Waals surface area contributed by atoms with Gasteiger partial charge in [-0.05, 0) is 50.5 Å². The van der Waals surface area contributed by atoms with E-state index in [4.69, 9.17) is 0 Å². The number of rotatable bonds is 6. The topological polar surface area (TPSA) is 63.2 Å². The normalized spacial score (nSPS) is 14.5. The molecule has 1 amide bonds. The monoisotopic (exact) mass is 347 g/mol. The lowest BCUT2D eigenvalue weighted by molar-refractivity contribution is -0.121. The summed E-state index contributed by atoms with van der Waals surface area (Å²) in [5.41, 5.74) is 1.11. The molecular weight excluding hydrogens is 322 g/mol. The lowest BCUT2D eigenvalue weighted by atomic mass is 10.0. The van der Waals surface area contributed by atoms with Gasteiger partial charge in [-0.1, -0.05) is 42.5 Å². The number of hydrogen-bond acceptors (Lipinski definition) is 3. The second kappa shape index (κ2) is 7.34.